The van der Waals surface area contributed by atoms with E-state index in [0.717, 1.165) is 16.2 Å². The topological polar surface area (TPSA) is 90.5 Å². The standard InChI is InChI=1S/C15H13N5OS/c1-20-7-6-17-15(20)22-9-13(21)10(8-16)14-18-11-4-2-3-5-12(11)19-14/h2-7,21H,9H2,1H3,(H,18,19)/b13-10-. The predicted molar refractivity (Wildman–Crippen MR) is 85.2 cm³/mol. The number of allylic oxidation sites excluding steroid dienone is 1. The van der Waals surface area contributed by atoms with Gasteiger partial charge in [0.25, 0.3) is 0 Å². The highest BCUT2D eigenvalue weighted by Gasteiger charge is 2.14. The fraction of sp³-hybridized carbons (Fsp3) is 0.133. The zero-order valence-corrected chi connectivity index (χ0v) is 12.6. The lowest BCUT2D eigenvalue weighted by Gasteiger charge is -2.03. The first kappa shape index (κ1) is 14.2. The van der Waals surface area contributed by atoms with Crippen LogP contribution in [0.25, 0.3) is 16.6 Å². The normalized spacial score (nSPS) is 12.2. The maximum absolute atomic E-state index is 10.2. The number of H-pyrrole nitrogens is 1. The molecular weight excluding hydrogens is 298 g/mol. The number of nitriles is 1. The van der Waals surface area contributed by atoms with Gasteiger partial charge in [-0.3, -0.25) is 0 Å². The molecule has 0 spiro atoms. The summed E-state index contributed by atoms with van der Waals surface area (Å²) in [6.45, 7) is 0. The van der Waals surface area contributed by atoms with Gasteiger partial charge in [0, 0.05) is 19.4 Å². The monoisotopic (exact) mass is 311 g/mol. The van der Waals surface area contributed by atoms with E-state index in [-0.39, 0.29) is 17.1 Å². The van der Waals surface area contributed by atoms with Crippen molar-refractivity contribution in [2.45, 2.75) is 5.16 Å². The molecule has 22 heavy (non-hydrogen) atoms. The van der Waals surface area contributed by atoms with Crippen molar-refractivity contribution in [3.05, 3.63) is 48.2 Å². The van der Waals surface area contributed by atoms with Crippen LogP contribution >= 0.6 is 11.8 Å². The first-order valence-electron chi connectivity index (χ1n) is 6.56. The largest absolute Gasteiger partial charge is 0.510 e. The van der Waals surface area contributed by atoms with E-state index in [1.54, 1.807) is 6.20 Å². The quantitative estimate of drug-likeness (QED) is 0.439. The Morgan fingerprint density at radius 1 is 1.45 bits per heavy atom. The van der Waals surface area contributed by atoms with Gasteiger partial charge < -0.3 is 14.7 Å². The molecule has 2 aromatic heterocycles. The number of aromatic nitrogens is 4. The molecular formula is C15H13N5OS. The number of hydrogen-bond acceptors (Lipinski definition) is 5. The highest BCUT2D eigenvalue weighted by atomic mass is 32.2. The van der Waals surface area contributed by atoms with E-state index in [2.05, 4.69) is 15.0 Å². The predicted octanol–water partition coefficient (Wildman–Crippen LogP) is 2.88. The van der Waals surface area contributed by atoms with E-state index in [4.69, 9.17) is 0 Å². The molecule has 7 heteroatoms. The summed E-state index contributed by atoms with van der Waals surface area (Å²) < 4.78 is 1.85. The second-order valence-corrected chi connectivity index (χ2v) is 5.59. The molecule has 3 aromatic rings. The molecule has 0 saturated carbocycles. The molecule has 2 N–H and O–H groups in total. The summed E-state index contributed by atoms with van der Waals surface area (Å²) in [5, 5.41) is 20.3. The summed E-state index contributed by atoms with van der Waals surface area (Å²) in [4.78, 5) is 11.6. The zero-order chi connectivity index (χ0) is 15.5. The number of fused-ring (bicyclic) bond motifs is 1. The number of aliphatic hydroxyl groups is 1. The van der Waals surface area contributed by atoms with Gasteiger partial charge in [0.15, 0.2) is 11.0 Å². The molecule has 0 amide bonds. The Hall–Kier alpha value is -2.72. The first-order chi connectivity index (χ1) is 10.7. The highest BCUT2D eigenvalue weighted by Crippen LogP contribution is 2.23. The number of nitrogens with zero attached hydrogens (tertiary/aromatic N) is 4. The summed E-state index contributed by atoms with van der Waals surface area (Å²) in [6.07, 6.45) is 3.51. The van der Waals surface area contributed by atoms with E-state index in [9.17, 15) is 10.4 Å². The Labute approximate surface area is 131 Å². The van der Waals surface area contributed by atoms with E-state index in [1.807, 2.05) is 48.1 Å². The summed E-state index contributed by atoms with van der Waals surface area (Å²) in [5.74, 6) is 0.612. The first-order valence-corrected chi connectivity index (χ1v) is 7.55. The van der Waals surface area contributed by atoms with Gasteiger partial charge in [-0.05, 0) is 12.1 Å². The van der Waals surface area contributed by atoms with Crippen molar-refractivity contribution in [3.8, 4) is 6.07 Å². The maximum atomic E-state index is 10.2. The summed E-state index contributed by atoms with van der Waals surface area (Å²) >= 11 is 1.36. The van der Waals surface area contributed by atoms with Gasteiger partial charge in [-0.2, -0.15) is 5.26 Å². The lowest BCUT2D eigenvalue weighted by atomic mass is 10.2. The molecule has 0 saturated heterocycles. The molecule has 0 aliphatic carbocycles. The highest BCUT2D eigenvalue weighted by molar-refractivity contribution is 7.99. The van der Waals surface area contributed by atoms with Gasteiger partial charge in [-0.25, -0.2) is 9.97 Å². The Bertz CT molecular complexity index is 854. The number of aromatic amines is 1. The molecule has 0 aliphatic heterocycles. The van der Waals surface area contributed by atoms with Gasteiger partial charge in [0.2, 0.25) is 0 Å². The van der Waals surface area contributed by atoms with Gasteiger partial charge in [0.1, 0.15) is 17.4 Å². The number of imidazole rings is 2. The van der Waals surface area contributed by atoms with Crippen LogP contribution in [-0.4, -0.2) is 30.4 Å². The molecule has 0 atom stereocenters. The zero-order valence-electron chi connectivity index (χ0n) is 11.8. The Morgan fingerprint density at radius 2 is 2.27 bits per heavy atom. The van der Waals surface area contributed by atoms with Crippen molar-refractivity contribution in [3.63, 3.8) is 0 Å². The summed E-state index contributed by atoms with van der Waals surface area (Å²) in [6, 6.07) is 9.51. The number of aryl methyl sites for hydroxylation is 1. The molecule has 0 aliphatic rings. The number of thioether (sulfide) groups is 1. The van der Waals surface area contributed by atoms with Crippen molar-refractivity contribution >= 4 is 28.4 Å². The fourth-order valence-electron chi connectivity index (χ4n) is 2.02. The van der Waals surface area contributed by atoms with E-state index in [1.165, 1.54) is 11.8 Å². The van der Waals surface area contributed by atoms with Crippen molar-refractivity contribution in [2.75, 3.05) is 5.75 Å². The molecule has 0 fully saturated rings. The number of benzene rings is 1. The minimum absolute atomic E-state index is 0.0189. The van der Waals surface area contributed by atoms with Crippen LogP contribution in [0.4, 0.5) is 0 Å². The van der Waals surface area contributed by atoms with Crippen molar-refractivity contribution in [2.24, 2.45) is 7.05 Å². The number of nitrogens with one attached hydrogen (secondary N) is 1. The Balaban J connectivity index is 1.88. The molecule has 0 radical (unpaired) electrons. The van der Waals surface area contributed by atoms with Crippen LogP contribution < -0.4 is 0 Å². The Kier molecular flexibility index (Phi) is 3.85. The lowest BCUT2D eigenvalue weighted by Crippen LogP contribution is -1.97. The van der Waals surface area contributed by atoms with Gasteiger partial charge >= 0.3 is 0 Å². The number of aliphatic hydroxyl groups excluding tert-OH is 1. The van der Waals surface area contributed by atoms with Crippen LogP contribution in [0.2, 0.25) is 0 Å². The fourth-order valence-corrected chi connectivity index (χ4v) is 2.83. The molecule has 0 unspecified atom stereocenters. The molecule has 110 valence electrons. The third-order valence-electron chi connectivity index (χ3n) is 3.14. The van der Waals surface area contributed by atoms with Crippen molar-refractivity contribution < 1.29 is 5.11 Å². The van der Waals surface area contributed by atoms with E-state index in [0.29, 0.717) is 5.82 Å². The smallest absolute Gasteiger partial charge is 0.168 e. The Morgan fingerprint density at radius 3 is 2.95 bits per heavy atom. The van der Waals surface area contributed by atoms with Crippen LogP contribution in [0.3, 0.4) is 0 Å². The maximum Gasteiger partial charge on any atom is 0.168 e. The van der Waals surface area contributed by atoms with Crippen LogP contribution in [0.1, 0.15) is 5.82 Å². The molecule has 6 nitrogen and oxygen atoms in total. The van der Waals surface area contributed by atoms with Crippen molar-refractivity contribution in [1.29, 1.82) is 5.26 Å². The number of para-hydroxylation sites is 2. The average molecular weight is 311 g/mol. The molecule has 0 bridgehead atoms. The summed E-state index contributed by atoms with van der Waals surface area (Å²) in [5.41, 5.74) is 1.74. The number of hydrogen-bond donors (Lipinski definition) is 2. The second kappa shape index (κ2) is 5.95. The van der Waals surface area contributed by atoms with Crippen LogP contribution in [-0.2, 0) is 7.05 Å². The van der Waals surface area contributed by atoms with Gasteiger partial charge in [-0.1, -0.05) is 23.9 Å². The lowest BCUT2D eigenvalue weighted by molar-refractivity contribution is 0.420. The minimum Gasteiger partial charge on any atom is -0.510 e. The average Bonchev–Trinajstić information content (AvgIpc) is 3.11. The molecule has 1 aromatic carbocycles. The van der Waals surface area contributed by atoms with E-state index >= 15 is 0 Å². The third kappa shape index (κ3) is 2.69. The van der Waals surface area contributed by atoms with Crippen LogP contribution in [0, 0.1) is 11.3 Å². The van der Waals surface area contributed by atoms with Gasteiger partial charge in [0.05, 0.1) is 16.8 Å². The second-order valence-electron chi connectivity index (χ2n) is 4.65. The minimum atomic E-state index is -0.0189. The SMILES string of the molecule is Cn1ccnc1SC/C(O)=C(\C#N)c1nc2ccccc2[nH]1. The summed E-state index contributed by atoms with van der Waals surface area (Å²) in [7, 11) is 1.88. The van der Waals surface area contributed by atoms with E-state index < -0.39 is 0 Å². The van der Waals surface area contributed by atoms with Crippen LogP contribution in [0.15, 0.2) is 47.6 Å². The molecule has 3 rings (SSSR count). The third-order valence-corrected chi connectivity index (χ3v) is 4.21. The molecule has 2 heterocycles. The van der Waals surface area contributed by atoms with Crippen LogP contribution in [0.5, 0.6) is 0 Å². The number of rotatable bonds is 4. The van der Waals surface area contributed by atoms with Gasteiger partial charge in [-0.15, -0.1) is 0 Å². The van der Waals surface area contributed by atoms with Crippen molar-refractivity contribution in [1.82, 2.24) is 19.5 Å².